The Balaban J connectivity index is 2.34. The van der Waals surface area contributed by atoms with E-state index in [1.807, 2.05) is 0 Å². The van der Waals surface area contributed by atoms with Crippen molar-refractivity contribution in [3.63, 3.8) is 0 Å². The molecule has 0 aliphatic heterocycles. The average molecular weight is 257 g/mol. The first-order valence-electron chi connectivity index (χ1n) is 5.11. The van der Waals surface area contributed by atoms with Crippen molar-refractivity contribution in [1.29, 1.82) is 0 Å². The molecule has 0 saturated carbocycles. The minimum atomic E-state index is -4.43. The van der Waals surface area contributed by atoms with Crippen molar-refractivity contribution in [3.05, 3.63) is 52.2 Å². The van der Waals surface area contributed by atoms with Crippen LogP contribution < -0.4 is 5.56 Å². The molecule has 0 fully saturated rings. The van der Waals surface area contributed by atoms with Gasteiger partial charge >= 0.3 is 6.18 Å². The second-order valence-electron chi connectivity index (χ2n) is 3.86. The number of nitrogens with zero attached hydrogens (tertiary/aromatic N) is 3. The Morgan fingerprint density at radius 3 is 2.61 bits per heavy atom. The summed E-state index contributed by atoms with van der Waals surface area (Å²) in [4.78, 5) is 15.0. The second kappa shape index (κ2) is 4.32. The molecule has 0 spiro atoms. The lowest BCUT2D eigenvalue weighted by Crippen LogP contribution is -2.22. The molecule has 0 amide bonds. The summed E-state index contributed by atoms with van der Waals surface area (Å²) in [5.74, 6) is 0. The summed E-state index contributed by atoms with van der Waals surface area (Å²) in [6.45, 7) is 0.0548. The summed E-state index contributed by atoms with van der Waals surface area (Å²) in [5, 5.41) is 0. The Morgan fingerprint density at radius 2 is 2.06 bits per heavy atom. The Hall–Kier alpha value is -2.05. The third kappa shape index (κ3) is 2.44. The lowest BCUT2D eigenvalue weighted by Gasteiger charge is -2.10. The van der Waals surface area contributed by atoms with Gasteiger partial charge in [-0.15, -0.1) is 0 Å². The molecule has 0 aromatic carbocycles. The van der Waals surface area contributed by atoms with Gasteiger partial charge in [-0.25, -0.2) is 4.68 Å². The quantitative estimate of drug-likeness (QED) is 0.820. The van der Waals surface area contributed by atoms with Gasteiger partial charge in [-0.3, -0.25) is 14.5 Å². The van der Waals surface area contributed by atoms with Crippen LogP contribution in [-0.4, -0.2) is 14.3 Å². The number of hydrogen-bond donors (Lipinski definition) is 0. The van der Waals surface area contributed by atoms with Gasteiger partial charge in [0, 0.05) is 31.7 Å². The molecule has 0 bridgehead atoms. The predicted molar refractivity (Wildman–Crippen MR) is 58.0 cm³/mol. The third-order valence-corrected chi connectivity index (χ3v) is 2.52. The average Bonchev–Trinajstić information content (AvgIpc) is 2.60. The molecule has 2 rings (SSSR count). The van der Waals surface area contributed by atoms with Crippen LogP contribution in [0.5, 0.6) is 0 Å². The fraction of sp³-hybridized carbons (Fsp3) is 0.273. The lowest BCUT2D eigenvalue weighted by molar-refractivity contribution is -0.137. The monoisotopic (exact) mass is 257 g/mol. The number of aryl methyl sites for hydroxylation is 1. The molecular formula is C11H10F3N3O. The van der Waals surface area contributed by atoms with E-state index in [4.69, 9.17) is 0 Å². The highest BCUT2D eigenvalue weighted by Crippen LogP contribution is 2.28. The van der Waals surface area contributed by atoms with Crippen LogP contribution in [0.3, 0.4) is 0 Å². The molecule has 0 aliphatic carbocycles. The molecule has 4 nitrogen and oxygen atoms in total. The molecule has 0 atom stereocenters. The Bertz CT molecular complexity index is 612. The molecule has 0 unspecified atom stereocenters. The highest BCUT2D eigenvalue weighted by Gasteiger charge is 2.31. The molecule has 18 heavy (non-hydrogen) atoms. The van der Waals surface area contributed by atoms with Gasteiger partial charge in [0.1, 0.15) is 0 Å². The second-order valence-corrected chi connectivity index (χ2v) is 3.86. The SMILES string of the molecule is Cn1ccc(=O)n1Cc1cncc(C(F)(F)F)c1. The Morgan fingerprint density at radius 1 is 1.33 bits per heavy atom. The van der Waals surface area contributed by atoms with E-state index < -0.39 is 11.7 Å². The molecule has 96 valence electrons. The van der Waals surface area contributed by atoms with Gasteiger partial charge in [0.2, 0.25) is 0 Å². The molecule has 0 aliphatic rings. The molecule has 0 radical (unpaired) electrons. The minimum absolute atomic E-state index is 0.0548. The van der Waals surface area contributed by atoms with E-state index in [1.165, 1.54) is 21.6 Å². The summed E-state index contributed by atoms with van der Waals surface area (Å²) in [6.07, 6.45) is -0.808. The molecule has 0 saturated heterocycles. The standard InChI is InChI=1S/C11H10F3N3O/c1-16-3-2-10(18)17(16)7-8-4-9(6-15-5-8)11(12,13)14/h2-6H,7H2,1H3. The zero-order valence-electron chi connectivity index (χ0n) is 9.48. The van der Waals surface area contributed by atoms with Gasteiger partial charge in [-0.05, 0) is 11.6 Å². The molecule has 0 N–H and O–H groups in total. The summed E-state index contributed by atoms with van der Waals surface area (Å²) >= 11 is 0. The summed E-state index contributed by atoms with van der Waals surface area (Å²) in [5.41, 5.74) is -0.758. The molecule has 2 aromatic rings. The van der Waals surface area contributed by atoms with E-state index >= 15 is 0 Å². The van der Waals surface area contributed by atoms with Crippen LogP contribution in [0.15, 0.2) is 35.5 Å². The van der Waals surface area contributed by atoms with Gasteiger partial charge in [-0.2, -0.15) is 13.2 Å². The van der Waals surface area contributed by atoms with Gasteiger partial charge < -0.3 is 0 Å². The maximum absolute atomic E-state index is 12.5. The highest BCUT2D eigenvalue weighted by molar-refractivity contribution is 5.20. The molecule has 2 aromatic heterocycles. The van der Waals surface area contributed by atoms with Crippen LogP contribution in [0.25, 0.3) is 0 Å². The molecule has 7 heteroatoms. The number of hydrogen-bond acceptors (Lipinski definition) is 2. The predicted octanol–water partition coefficient (Wildman–Crippen LogP) is 1.65. The van der Waals surface area contributed by atoms with E-state index in [0.29, 0.717) is 5.56 Å². The van der Waals surface area contributed by atoms with Crippen LogP contribution >= 0.6 is 0 Å². The van der Waals surface area contributed by atoms with Crippen molar-refractivity contribution >= 4 is 0 Å². The first kappa shape index (κ1) is 12.4. The zero-order chi connectivity index (χ0) is 13.3. The van der Waals surface area contributed by atoms with Crippen LogP contribution in [0.4, 0.5) is 13.2 Å². The normalized spacial score (nSPS) is 11.8. The summed E-state index contributed by atoms with van der Waals surface area (Å²) in [6, 6.07) is 2.34. The van der Waals surface area contributed by atoms with Crippen molar-refractivity contribution in [2.75, 3.05) is 0 Å². The van der Waals surface area contributed by atoms with Crippen molar-refractivity contribution in [3.8, 4) is 0 Å². The number of alkyl halides is 3. The van der Waals surface area contributed by atoms with E-state index in [0.717, 1.165) is 12.3 Å². The van der Waals surface area contributed by atoms with Gasteiger partial charge in [0.25, 0.3) is 5.56 Å². The maximum atomic E-state index is 12.5. The Labute approximate surface area is 100 Å². The number of pyridine rings is 1. The highest BCUT2D eigenvalue weighted by atomic mass is 19.4. The van der Waals surface area contributed by atoms with Gasteiger partial charge in [-0.1, -0.05) is 0 Å². The van der Waals surface area contributed by atoms with Crippen LogP contribution in [0, 0.1) is 0 Å². The number of rotatable bonds is 2. The molecular weight excluding hydrogens is 247 g/mol. The van der Waals surface area contributed by atoms with Crippen molar-refractivity contribution in [2.24, 2.45) is 7.05 Å². The largest absolute Gasteiger partial charge is 0.417 e. The molecule has 2 heterocycles. The van der Waals surface area contributed by atoms with Gasteiger partial charge in [0.15, 0.2) is 0 Å². The van der Waals surface area contributed by atoms with Crippen LogP contribution in [0.2, 0.25) is 0 Å². The van der Waals surface area contributed by atoms with E-state index in [1.54, 1.807) is 13.2 Å². The van der Waals surface area contributed by atoms with Crippen molar-refractivity contribution in [2.45, 2.75) is 12.7 Å². The number of halogens is 3. The van der Waals surface area contributed by atoms with Crippen molar-refractivity contribution < 1.29 is 13.2 Å². The van der Waals surface area contributed by atoms with E-state index in [-0.39, 0.29) is 12.1 Å². The zero-order valence-corrected chi connectivity index (χ0v) is 9.48. The first-order chi connectivity index (χ1) is 8.38. The maximum Gasteiger partial charge on any atom is 0.417 e. The summed E-state index contributed by atoms with van der Waals surface area (Å²) < 4.78 is 40.3. The topological polar surface area (TPSA) is 39.8 Å². The van der Waals surface area contributed by atoms with Crippen molar-refractivity contribution in [1.82, 2.24) is 14.3 Å². The summed E-state index contributed by atoms with van der Waals surface area (Å²) in [7, 11) is 1.64. The smallest absolute Gasteiger partial charge is 0.293 e. The Kier molecular flexibility index (Phi) is 2.98. The van der Waals surface area contributed by atoms with Crippen LogP contribution in [-0.2, 0) is 19.8 Å². The fourth-order valence-electron chi connectivity index (χ4n) is 1.59. The fourth-order valence-corrected chi connectivity index (χ4v) is 1.59. The minimum Gasteiger partial charge on any atom is -0.293 e. The third-order valence-electron chi connectivity index (χ3n) is 2.52. The van der Waals surface area contributed by atoms with Gasteiger partial charge in [0.05, 0.1) is 12.1 Å². The van der Waals surface area contributed by atoms with E-state index in [2.05, 4.69) is 4.98 Å². The number of aromatic nitrogens is 3. The van der Waals surface area contributed by atoms with Crippen LogP contribution in [0.1, 0.15) is 11.1 Å². The first-order valence-corrected chi connectivity index (χ1v) is 5.11. The van der Waals surface area contributed by atoms with E-state index in [9.17, 15) is 18.0 Å². The lowest BCUT2D eigenvalue weighted by atomic mass is 10.2.